The Balaban J connectivity index is 1.67. The number of carbonyl (C=O) groups excluding carboxylic acids is 1. The molecule has 0 saturated carbocycles. The van der Waals surface area contributed by atoms with E-state index in [1.54, 1.807) is 11.8 Å². The number of nitrogens with zero attached hydrogens (tertiary/aromatic N) is 2. The van der Waals surface area contributed by atoms with Gasteiger partial charge in [0.15, 0.2) is 11.6 Å². The first kappa shape index (κ1) is 11.2. The van der Waals surface area contributed by atoms with E-state index in [1.807, 2.05) is 0 Å². The first-order valence-corrected chi connectivity index (χ1v) is 7.03. The van der Waals surface area contributed by atoms with Gasteiger partial charge in [0.2, 0.25) is 5.89 Å². The Morgan fingerprint density at radius 2 is 2.41 bits per heavy atom. The molecule has 5 nitrogen and oxygen atoms in total. The fraction of sp³-hybridized carbons (Fsp3) is 0.727. The van der Waals surface area contributed by atoms with Crippen molar-refractivity contribution in [2.75, 3.05) is 18.1 Å². The van der Waals surface area contributed by atoms with E-state index in [0.29, 0.717) is 23.9 Å². The Morgan fingerprint density at radius 3 is 3.12 bits per heavy atom. The van der Waals surface area contributed by atoms with E-state index in [0.717, 1.165) is 25.2 Å². The van der Waals surface area contributed by atoms with Crippen molar-refractivity contribution in [3.05, 3.63) is 11.7 Å². The van der Waals surface area contributed by atoms with E-state index >= 15 is 0 Å². The Morgan fingerprint density at radius 1 is 1.47 bits per heavy atom. The summed E-state index contributed by atoms with van der Waals surface area (Å²) in [6.07, 6.45) is 3.07. The topological polar surface area (TPSA) is 65.2 Å². The quantitative estimate of drug-likeness (QED) is 0.807. The highest BCUT2D eigenvalue weighted by molar-refractivity contribution is 8.00. The van der Waals surface area contributed by atoms with Crippen molar-refractivity contribution in [2.45, 2.75) is 31.3 Å². The molecule has 6 heteroatoms. The Bertz CT molecular complexity index is 415. The van der Waals surface area contributed by atoms with Crippen LogP contribution in [0.2, 0.25) is 0 Å². The van der Waals surface area contributed by atoms with Gasteiger partial charge in [-0.3, -0.25) is 4.79 Å². The van der Waals surface area contributed by atoms with Gasteiger partial charge in [-0.25, -0.2) is 0 Å². The molecule has 0 aliphatic carbocycles. The molecule has 2 aliphatic rings. The molecular formula is C11H14N2O3S. The second-order valence-corrected chi connectivity index (χ2v) is 5.45. The minimum Gasteiger partial charge on any atom is -0.378 e. The molecule has 0 aromatic carbocycles. The average Bonchev–Trinajstić information content (AvgIpc) is 3.00. The summed E-state index contributed by atoms with van der Waals surface area (Å²) in [5.74, 6) is 2.48. The molecule has 0 bridgehead atoms. The second-order valence-electron chi connectivity index (χ2n) is 4.42. The number of thioether (sulfide) groups is 1. The van der Waals surface area contributed by atoms with Gasteiger partial charge < -0.3 is 9.26 Å². The summed E-state index contributed by atoms with van der Waals surface area (Å²) >= 11 is 1.63. The minimum atomic E-state index is -0.189. The van der Waals surface area contributed by atoms with Crippen LogP contribution in [0.5, 0.6) is 0 Å². The number of Topliss-reactive ketones (excluding diaryl/α,β-unsaturated/α-hetero) is 1. The zero-order chi connectivity index (χ0) is 11.7. The van der Waals surface area contributed by atoms with E-state index in [9.17, 15) is 4.79 Å². The van der Waals surface area contributed by atoms with E-state index in [4.69, 9.17) is 9.26 Å². The Labute approximate surface area is 103 Å². The molecule has 3 rings (SSSR count). The summed E-state index contributed by atoms with van der Waals surface area (Å²) in [4.78, 5) is 15.9. The lowest BCUT2D eigenvalue weighted by molar-refractivity contribution is -0.117. The molecule has 3 heterocycles. The maximum Gasteiger partial charge on any atom is 0.238 e. The highest BCUT2D eigenvalue weighted by atomic mass is 32.2. The molecule has 17 heavy (non-hydrogen) atoms. The van der Waals surface area contributed by atoms with Crippen molar-refractivity contribution in [3.8, 4) is 0 Å². The lowest BCUT2D eigenvalue weighted by atomic mass is 10.1. The summed E-state index contributed by atoms with van der Waals surface area (Å²) in [5, 5.41) is 3.93. The first-order valence-electron chi connectivity index (χ1n) is 5.87. The summed E-state index contributed by atoms with van der Waals surface area (Å²) in [6.45, 7) is 0.827. The smallest absolute Gasteiger partial charge is 0.238 e. The summed E-state index contributed by atoms with van der Waals surface area (Å²) < 4.78 is 10.7. The molecule has 1 aromatic rings. The SMILES string of the molecule is O=C1CSCC1c1nc(CC2CCCO2)no1. The summed E-state index contributed by atoms with van der Waals surface area (Å²) in [5.41, 5.74) is 0. The van der Waals surface area contributed by atoms with Crippen LogP contribution < -0.4 is 0 Å². The molecule has 0 amide bonds. The predicted octanol–water partition coefficient (Wildman–Crippen LogP) is 1.19. The van der Waals surface area contributed by atoms with Crippen molar-refractivity contribution in [2.24, 2.45) is 0 Å². The number of rotatable bonds is 3. The Kier molecular flexibility index (Phi) is 3.15. The van der Waals surface area contributed by atoms with Crippen molar-refractivity contribution >= 4 is 17.5 Å². The molecule has 0 spiro atoms. The van der Waals surface area contributed by atoms with Crippen LogP contribution in [0.3, 0.4) is 0 Å². The molecule has 92 valence electrons. The normalized spacial score (nSPS) is 29.1. The molecular weight excluding hydrogens is 240 g/mol. The molecule has 2 unspecified atom stereocenters. The van der Waals surface area contributed by atoms with Gasteiger partial charge in [-0.15, -0.1) is 0 Å². The Hall–Kier alpha value is -0.880. The van der Waals surface area contributed by atoms with Gasteiger partial charge in [-0.2, -0.15) is 16.7 Å². The minimum absolute atomic E-state index is 0.189. The third-order valence-electron chi connectivity index (χ3n) is 3.13. The molecule has 2 atom stereocenters. The van der Waals surface area contributed by atoms with Gasteiger partial charge >= 0.3 is 0 Å². The number of hydrogen-bond acceptors (Lipinski definition) is 6. The number of hydrogen-bond donors (Lipinski definition) is 0. The number of aromatic nitrogens is 2. The zero-order valence-corrected chi connectivity index (χ0v) is 10.2. The second kappa shape index (κ2) is 4.78. The van der Waals surface area contributed by atoms with E-state index in [-0.39, 0.29) is 17.8 Å². The van der Waals surface area contributed by atoms with Crippen molar-refractivity contribution < 1.29 is 14.1 Å². The van der Waals surface area contributed by atoms with E-state index in [1.165, 1.54) is 0 Å². The average molecular weight is 254 g/mol. The number of ether oxygens (including phenoxy) is 1. The van der Waals surface area contributed by atoms with Gasteiger partial charge in [0, 0.05) is 18.8 Å². The van der Waals surface area contributed by atoms with Crippen molar-refractivity contribution in [1.82, 2.24) is 10.1 Å². The van der Waals surface area contributed by atoms with Crippen LogP contribution in [0, 0.1) is 0 Å². The molecule has 1 aromatic heterocycles. The van der Waals surface area contributed by atoms with Gasteiger partial charge in [-0.05, 0) is 12.8 Å². The molecule has 2 aliphatic heterocycles. The van der Waals surface area contributed by atoms with Crippen molar-refractivity contribution in [1.29, 1.82) is 0 Å². The van der Waals surface area contributed by atoms with Crippen LogP contribution in [0.15, 0.2) is 4.52 Å². The molecule has 2 fully saturated rings. The lowest BCUT2D eigenvalue weighted by Gasteiger charge is -2.04. The van der Waals surface area contributed by atoms with Crippen LogP contribution in [0.1, 0.15) is 30.5 Å². The van der Waals surface area contributed by atoms with Gasteiger partial charge in [0.25, 0.3) is 0 Å². The highest BCUT2D eigenvalue weighted by Crippen LogP contribution is 2.28. The van der Waals surface area contributed by atoms with E-state index < -0.39 is 0 Å². The van der Waals surface area contributed by atoms with Gasteiger partial charge in [0.05, 0.1) is 11.9 Å². The molecule has 2 saturated heterocycles. The maximum atomic E-state index is 11.6. The van der Waals surface area contributed by atoms with Gasteiger partial charge in [-0.1, -0.05) is 5.16 Å². The van der Waals surface area contributed by atoms with Crippen LogP contribution >= 0.6 is 11.8 Å². The first-order chi connectivity index (χ1) is 8.33. The van der Waals surface area contributed by atoms with Gasteiger partial charge in [0.1, 0.15) is 5.92 Å². The molecule has 0 N–H and O–H groups in total. The summed E-state index contributed by atoms with van der Waals surface area (Å²) in [6, 6.07) is 0. The maximum absolute atomic E-state index is 11.6. The fourth-order valence-corrected chi connectivity index (χ4v) is 3.27. The third-order valence-corrected chi connectivity index (χ3v) is 4.19. The van der Waals surface area contributed by atoms with Crippen LogP contribution in [0.4, 0.5) is 0 Å². The summed E-state index contributed by atoms with van der Waals surface area (Å²) in [7, 11) is 0. The fourth-order valence-electron chi connectivity index (χ4n) is 2.18. The van der Waals surface area contributed by atoms with E-state index in [2.05, 4.69) is 10.1 Å². The predicted molar refractivity (Wildman–Crippen MR) is 62.0 cm³/mol. The van der Waals surface area contributed by atoms with Crippen molar-refractivity contribution in [3.63, 3.8) is 0 Å². The number of carbonyl (C=O) groups is 1. The van der Waals surface area contributed by atoms with Crippen LogP contribution in [0.25, 0.3) is 0 Å². The van der Waals surface area contributed by atoms with Crippen LogP contribution in [-0.4, -0.2) is 40.1 Å². The number of ketones is 1. The molecule has 0 radical (unpaired) electrons. The standard InChI is InChI=1S/C11H14N2O3S/c14-9-6-17-5-8(9)11-12-10(13-16-11)4-7-2-1-3-15-7/h7-8H,1-6H2. The van der Waals surface area contributed by atoms with Crippen LogP contribution in [-0.2, 0) is 16.0 Å². The zero-order valence-electron chi connectivity index (χ0n) is 9.42. The highest BCUT2D eigenvalue weighted by Gasteiger charge is 2.31. The third kappa shape index (κ3) is 2.37. The lowest BCUT2D eigenvalue weighted by Crippen LogP contribution is -2.11. The monoisotopic (exact) mass is 254 g/mol. The largest absolute Gasteiger partial charge is 0.378 e.